The van der Waals surface area contributed by atoms with E-state index in [9.17, 15) is 9.59 Å². The Morgan fingerprint density at radius 3 is 1.06 bits per heavy atom. The lowest BCUT2D eigenvalue weighted by atomic mass is 10.0. The summed E-state index contributed by atoms with van der Waals surface area (Å²) in [4.78, 5) is 23.6. The lowest BCUT2D eigenvalue weighted by Gasteiger charge is -2.09. The van der Waals surface area contributed by atoms with Gasteiger partial charge in [0, 0.05) is 13.0 Å². The zero-order chi connectivity index (χ0) is 45.0. The van der Waals surface area contributed by atoms with Crippen molar-refractivity contribution in [3.05, 3.63) is 35.9 Å². The fraction of sp³-hybridized carbons (Fsp3) is 0.833. The van der Waals surface area contributed by atoms with Gasteiger partial charge in [-0.15, -0.1) is 0 Å². The van der Waals surface area contributed by atoms with E-state index in [1.54, 1.807) is 0 Å². The van der Waals surface area contributed by atoms with Crippen LogP contribution in [0.5, 0.6) is 0 Å². The molecule has 0 aliphatic carbocycles. The molecule has 368 valence electrons. The minimum absolute atomic E-state index is 0.135. The lowest BCUT2D eigenvalue weighted by Crippen LogP contribution is -2.28. The Morgan fingerprint density at radius 2 is 0.698 bits per heavy atom. The molecule has 1 aromatic carbocycles. The number of rotatable bonds is 51. The second-order valence-corrected chi connectivity index (χ2v) is 15.0. The number of hydrogen-bond donors (Lipinski definition) is 1. The van der Waals surface area contributed by atoms with Crippen LogP contribution in [0.2, 0.25) is 0 Å². The van der Waals surface area contributed by atoms with Gasteiger partial charge in [0.25, 0.3) is 0 Å². The molecule has 0 aliphatic heterocycles. The van der Waals surface area contributed by atoms with Crippen molar-refractivity contribution in [2.24, 2.45) is 0 Å². The number of carbonyl (C=O) groups excluding carboxylic acids is 2. The summed E-state index contributed by atoms with van der Waals surface area (Å²) in [6, 6.07) is 9.51. The first-order valence-corrected chi connectivity index (χ1v) is 24.1. The SMILES string of the molecule is CCCCCCCCCCCCCCCCCC(=O)OCCOCCOCCOCCOCCOCCOCCOCCOCCOCCOCCNC(=O)OCc1ccccc1. The third-order valence-electron chi connectivity index (χ3n) is 9.55. The molecule has 0 bridgehead atoms. The Kier molecular flexibility index (Phi) is 47.0. The molecule has 1 N–H and O–H groups in total. The first kappa shape index (κ1) is 58.6. The Balaban J connectivity index is 1.64. The van der Waals surface area contributed by atoms with Crippen LogP contribution < -0.4 is 5.32 Å². The predicted molar refractivity (Wildman–Crippen MR) is 243 cm³/mol. The van der Waals surface area contributed by atoms with E-state index in [2.05, 4.69) is 12.2 Å². The van der Waals surface area contributed by atoms with Crippen molar-refractivity contribution in [1.29, 1.82) is 0 Å². The molecule has 1 aromatic rings. The molecule has 0 saturated heterocycles. The van der Waals surface area contributed by atoms with Crippen molar-refractivity contribution >= 4 is 12.1 Å². The van der Waals surface area contributed by atoms with E-state index in [4.69, 9.17) is 56.8 Å². The minimum Gasteiger partial charge on any atom is -0.463 e. The maximum absolute atomic E-state index is 11.9. The van der Waals surface area contributed by atoms with Crippen molar-refractivity contribution in [3.8, 4) is 0 Å². The van der Waals surface area contributed by atoms with E-state index in [1.807, 2.05) is 30.3 Å². The van der Waals surface area contributed by atoms with E-state index in [1.165, 1.54) is 83.5 Å². The van der Waals surface area contributed by atoms with Gasteiger partial charge in [0.15, 0.2) is 0 Å². The largest absolute Gasteiger partial charge is 0.463 e. The van der Waals surface area contributed by atoms with E-state index in [-0.39, 0.29) is 19.2 Å². The van der Waals surface area contributed by atoms with E-state index in [0.717, 1.165) is 18.4 Å². The van der Waals surface area contributed by atoms with Crippen molar-refractivity contribution in [2.45, 2.75) is 116 Å². The highest BCUT2D eigenvalue weighted by Crippen LogP contribution is 2.14. The lowest BCUT2D eigenvalue weighted by molar-refractivity contribution is -0.145. The van der Waals surface area contributed by atoms with Crippen LogP contribution in [0.1, 0.15) is 115 Å². The standard InChI is InChI=1S/C48H87NO14/c1-2-3-4-5-6-7-8-9-10-11-12-13-14-15-19-22-47(50)62-44-43-61-42-41-60-40-39-59-38-37-58-36-35-57-34-33-56-32-31-55-30-29-54-28-27-53-26-25-52-24-23-49-48(51)63-45-46-20-17-16-18-21-46/h16-18,20-21H,2-15,19,22-45H2,1H3,(H,49,51). The summed E-state index contributed by atoms with van der Waals surface area (Å²) in [5.41, 5.74) is 0.936. The molecule has 0 aromatic heterocycles. The van der Waals surface area contributed by atoms with E-state index < -0.39 is 6.09 Å². The van der Waals surface area contributed by atoms with Crippen molar-refractivity contribution < 1.29 is 66.4 Å². The number of esters is 1. The van der Waals surface area contributed by atoms with Gasteiger partial charge in [-0.25, -0.2) is 4.79 Å². The molecule has 1 amide bonds. The number of hydrogen-bond acceptors (Lipinski definition) is 14. The van der Waals surface area contributed by atoms with Gasteiger partial charge in [0.2, 0.25) is 0 Å². The van der Waals surface area contributed by atoms with Crippen LogP contribution in [0.4, 0.5) is 4.79 Å². The van der Waals surface area contributed by atoms with Gasteiger partial charge < -0.3 is 62.2 Å². The molecule has 1 rings (SSSR count). The van der Waals surface area contributed by atoms with Gasteiger partial charge in [-0.05, 0) is 12.0 Å². The summed E-state index contributed by atoms with van der Waals surface area (Å²) in [6.07, 6.45) is 19.7. The van der Waals surface area contributed by atoms with E-state index >= 15 is 0 Å². The number of amides is 1. The topological polar surface area (TPSA) is 157 Å². The van der Waals surface area contributed by atoms with Crippen molar-refractivity contribution in [2.75, 3.05) is 145 Å². The number of nitrogens with one attached hydrogen (secondary N) is 1. The van der Waals surface area contributed by atoms with Crippen LogP contribution in [0.25, 0.3) is 0 Å². The summed E-state index contributed by atoms with van der Waals surface area (Å²) < 4.78 is 65.3. The summed E-state index contributed by atoms with van der Waals surface area (Å²) >= 11 is 0. The molecule has 0 aliphatic rings. The van der Waals surface area contributed by atoms with Gasteiger partial charge in [-0.1, -0.05) is 127 Å². The number of ether oxygens (including phenoxy) is 12. The highest BCUT2D eigenvalue weighted by molar-refractivity contribution is 5.69. The van der Waals surface area contributed by atoms with Crippen LogP contribution in [-0.2, 0) is 68.2 Å². The predicted octanol–water partition coefficient (Wildman–Crippen LogP) is 7.88. The van der Waals surface area contributed by atoms with Gasteiger partial charge in [0.05, 0.1) is 132 Å². The van der Waals surface area contributed by atoms with Crippen LogP contribution in [0, 0.1) is 0 Å². The summed E-state index contributed by atoms with van der Waals surface area (Å²) in [5.74, 6) is -0.135. The molecule has 0 unspecified atom stereocenters. The van der Waals surface area contributed by atoms with Gasteiger partial charge in [-0.3, -0.25) is 4.79 Å². The molecule has 0 atom stereocenters. The van der Waals surface area contributed by atoms with Crippen LogP contribution >= 0.6 is 0 Å². The normalized spacial score (nSPS) is 11.3. The smallest absolute Gasteiger partial charge is 0.407 e. The average Bonchev–Trinajstić information content (AvgIpc) is 3.30. The third kappa shape index (κ3) is 47.3. The first-order valence-electron chi connectivity index (χ1n) is 24.1. The summed E-state index contributed by atoms with van der Waals surface area (Å²) in [6.45, 7) is 12.4. The zero-order valence-corrected chi connectivity index (χ0v) is 39.2. The highest BCUT2D eigenvalue weighted by atomic mass is 16.6. The number of alkyl carbamates (subject to hydrolysis) is 1. The molecule has 63 heavy (non-hydrogen) atoms. The van der Waals surface area contributed by atoms with Crippen LogP contribution in [0.15, 0.2) is 30.3 Å². The average molecular weight is 902 g/mol. The molecule has 15 heteroatoms. The molecule has 0 saturated carbocycles. The molecule has 0 heterocycles. The highest BCUT2D eigenvalue weighted by Gasteiger charge is 2.04. The summed E-state index contributed by atoms with van der Waals surface area (Å²) in [7, 11) is 0. The Morgan fingerprint density at radius 1 is 0.381 bits per heavy atom. The monoisotopic (exact) mass is 902 g/mol. The van der Waals surface area contributed by atoms with Crippen LogP contribution in [0.3, 0.4) is 0 Å². The molecule has 15 nitrogen and oxygen atoms in total. The molecule has 0 fully saturated rings. The zero-order valence-electron chi connectivity index (χ0n) is 39.2. The Labute approximate surface area is 380 Å². The van der Waals surface area contributed by atoms with E-state index in [0.29, 0.717) is 145 Å². The maximum Gasteiger partial charge on any atom is 0.407 e. The maximum atomic E-state index is 11.9. The summed E-state index contributed by atoms with van der Waals surface area (Å²) in [5, 5.41) is 2.65. The number of unbranched alkanes of at least 4 members (excludes halogenated alkanes) is 14. The quantitative estimate of drug-likeness (QED) is 0.0498. The molecule has 0 spiro atoms. The Bertz CT molecular complexity index is 1070. The van der Waals surface area contributed by atoms with Gasteiger partial charge >= 0.3 is 12.1 Å². The first-order chi connectivity index (χ1) is 31.2. The van der Waals surface area contributed by atoms with Crippen molar-refractivity contribution in [3.63, 3.8) is 0 Å². The minimum atomic E-state index is -0.471. The number of benzene rings is 1. The van der Waals surface area contributed by atoms with Gasteiger partial charge in [0.1, 0.15) is 13.2 Å². The van der Waals surface area contributed by atoms with Crippen molar-refractivity contribution in [1.82, 2.24) is 5.32 Å². The second kappa shape index (κ2) is 50.6. The third-order valence-corrected chi connectivity index (χ3v) is 9.55. The Hall–Kier alpha value is -2.44. The van der Waals surface area contributed by atoms with Crippen LogP contribution in [-0.4, -0.2) is 157 Å². The molecular formula is C48H87NO14. The second-order valence-electron chi connectivity index (χ2n) is 15.0. The number of carbonyl (C=O) groups is 2. The molecular weight excluding hydrogens is 815 g/mol. The molecule has 0 radical (unpaired) electrons. The van der Waals surface area contributed by atoms with Gasteiger partial charge in [-0.2, -0.15) is 0 Å². The fourth-order valence-electron chi connectivity index (χ4n) is 6.01. The fourth-order valence-corrected chi connectivity index (χ4v) is 6.01.